The second kappa shape index (κ2) is 8.71. The van der Waals surface area contributed by atoms with Crippen molar-refractivity contribution in [1.29, 1.82) is 0 Å². The molecule has 0 aliphatic heterocycles. The highest BCUT2D eigenvalue weighted by Gasteiger charge is 2.28. The largest absolute Gasteiger partial charge is 0.405 e. The number of alkyl halides is 3. The number of nitrogens with one attached hydrogen (secondary N) is 2. The monoisotopic (exact) mass is 417 g/mol. The lowest BCUT2D eigenvalue weighted by molar-refractivity contribution is -0.123. The van der Waals surface area contributed by atoms with Gasteiger partial charge in [-0.15, -0.1) is 0 Å². The van der Waals surface area contributed by atoms with Crippen molar-refractivity contribution in [3.8, 4) is 0 Å². The number of aromatic amines is 1. The van der Waals surface area contributed by atoms with Crippen LogP contribution in [-0.4, -0.2) is 47.4 Å². The Kier molecular flexibility index (Phi) is 6.26. The van der Waals surface area contributed by atoms with Crippen LogP contribution in [0.4, 0.5) is 13.2 Å². The van der Waals surface area contributed by atoms with E-state index < -0.39 is 18.6 Å². The number of likely N-dealkylation sites (N-methyl/N-ethyl adjacent to an activating group) is 1. The average molecular weight is 417 g/mol. The third kappa shape index (κ3) is 5.07. The molecule has 3 aromatic rings. The van der Waals surface area contributed by atoms with Crippen LogP contribution in [-0.2, 0) is 6.54 Å². The maximum Gasteiger partial charge on any atom is 0.405 e. The van der Waals surface area contributed by atoms with Crippen molar-refractivity contribution < 1.29 is 22.8 Å². The Morgan fingerprint density at radius 3 is 2.43 bits per heavy atom. The molecule has 0 bridgehead atoms. The van der Waals surface area contributed by atoms with Crippen LogP contribution in [0.15, 0.2) is 54.7 Å². The molecule has 0 spiro atoms. The molecule has 0 radical (unpaired) electrons. The summed E-state index contributed by atoms with van der Waals surface area (Å²) >= 11 is 0. The number of H-pyrrole nitrogens is 1. The minimum atomic E-state index is -4.45. The Hall–Kier alpha value is -3.13. The van der Waals surface area contributed by atoms with Crippen LogP contribution in [0.5, 0.6) is 0 Å². The van der Waals surface area contributed by atoms with Gasteiger partial charge in [-0.3, -0.25) is 14.5 Å². The molecule has 0 fully saturated rings. The number of carbonyl (C=O) groups excluding carboxylic acids is 2. The van der Waals surface area contributed by atoms with E-state index in [4.69, 9.17) is 0 Å². The van der Waals surface area contributed by atoms with Crippen molar-refractivity contribution >= 4 is 22.6 Å². The molecule has 0 unspecified atom stereocenters. The van der Waals surface area contributed by atoms with Crippen LogP contribution in [0.2, 0.25) is 0 Å². The number of nitrogens with zero attached hydrogens (tertiary/aromatic N) is 1. The lowest BCUT2D eigenvalue weighted by atomic mass is 10.0. The first-order chi connectivity index (χ1) is 14.2. The Bertz CT molecular complexity index is 1040. The number of hydrogen-bond donors (Lipinski definition) is 2. The van der Waals surface area contributed by atoms with Crippen LogP contribution in [0.1, 0.15) is 33.2 Å². The van der Waals surface area contributed by atoms with Crippen LogP contribution < -0.4 is 5.32 Å². The highest BCUT2D eigenvalue weighted by atomic mass is 19.4. The Morgan fingerprint density at radius 1 is 1.10 bits per heavy atom. The number of amides is 1. The molecule has 1 amide bonds. The summed E-state index contributed by atoms with van der Waals surface area (Å²) in [6.45, 7) is 0.895. The number of fused-ring (bicyclic) bond motifs is 1. The van der Waals surface area contributed by atoms with Crippen LogP contribution >= 0.6 is 0 Å². The number of ketones is 1. The standard InChI is InChI=1S/C22H22F3N3O2/c1-14(20(29)18-11-26-19-6-4-3-5-17(18)19)28(2)12-15-7-9-16(10-8-15)21(30)27-13-22(23,24)25/h3-11,14,26H,12-13H2,1-2H3,(H,27,30)/t14-/m0/s1. The van der Waals surface area contributed by atoms with Crippen molar-refractivity contribution in [2.24, 2.45) is 0 Å². The van der Waals surface area contributed by atoms with E-state index in [0.29, 0.717) is 12.1 Å². The molecular formula is C22H22F3N3O2. The fourth-order valence-corrected chi connectivity index (χ4v) is 3.17. The Morgan fingerprint density at radius 2 is 1.77 bits per heavy atom. The van der Waals surface area contributed by atoms with Gasteiger partial charge in [0.1, 0.15) is 6.54 Å². The van der Waals surface area contributed by atoms with Crippen molar-refractivity contribution in [1.82, 2.24) is 15.2 Å². The third-order valence-electron chi connectivity index (χ3n) is 4.99. The fourth-order valence-electron chi connectivity index (χ4n) is 3.17. The second-order valence-electron chi connectivity index (χ2n) is 7.20. The van der Waals surface area contributed by atoms with E-state index in [9.17, 15) is 22.8 Å². The summed E-state index contributed by atoms with van der Waals surface area (Å²) in [7, 11) is 1.82. The third-order valence-corrected chi connectivity index (χ3v) is 4.99. The topological polar surface area (TPSA) is 65.2 Å². The molecule has 0 saturated heterocycles. The molecule has 8 heteroatoms. The molecular weight excluding hydrogens is 395 g/mol. The van der Waals surface area contributed by atoms with E-state index in [-0.39, 0.29) is 17.4 Å². The molecule has 1 atom stereocenters. The normalized spacial score (nSPS) is 12.9. The maximum absolute atomic E-state index is 12.9. The average Bonchev–Trinajstić information content (AvgIpc) is 3.15. The molecule has 0 aliphatic carbocycles. The van der Waals surface area contributed by atoms with Gasteiger partial charge in [0.15, 0.2) is 5.78 Å². The summed E-state index contributed by atoms with van der Waals surface area (Å²) in [5.74, 6) is -0.798. The van der Waals surface area contributed by atoms with E-state index in [2.05, 4.69) is 4.98 Å². The van der Waals surface area contributed by atoms with Gasteiger partial charge in [0, 0.05) is 34.8 Å². The molecule has 1 heterocycles. The Labute approximate surface area is 171 Å². The summed E-state index contributed by atoms with van der Waals surface area (Å²) in [6, 6.07) is 13.5. The van der Waals surface area contributed by atoms with E-state index >= 15 is 0 Å². The van der Waals surface area contributed by atoms with Gasteiger partial charge in [-0.2, -0.15) is 13.2 Å². The number of hydrogen-bond acceptors (Lipinski definition) is 3. The quantitative estimate of drug-likeness (QED) is 0.568. The molecule has 3 rings (SSSR count). The van der Waals surface area contributed by atoms with Crippen molar-refractivity contribution in [2.75, 3.05) is 13.6 Å². The van der Waals surface area contributed by atoms with Crippen LogP contribution in [0.3, 0.4) is 0 Å². The number of halogens is 3. The molecule has 2 N–H and O–H groups in total. The van der Waals surface area contributed by atoms with E-state index in [1.54, 1.807) is 18.3 Å². The molecule has 5 nitrogen and oxygen atoms in total. The van der Waals surface area contributed by atoms with Gasteiger partial charge < -0.3 is 10.3 Å². The predicted octanol–water partition coefficient (Wildman–Crippen LogP) is 4.16. The van der Waals surface area contributed by atoms with Gasteiger partial charge >= 0.3 is 6.18 Å². The molecule has 158 valence electrons. The predicted molar refractivity (Wildman–Crippen MR) is 108 cm³/mol. The smallest absolute Gasteiger partial charge is 0.360 e. The number of carbonyl (C=O) groups is 2. The molecule has 0 saturated carbocycles. The van der Waals surface area contributed by atoms with Gasteiger partial charge in [-0.25, -0.2) is 0 Å². The molecule has 2 aromatic carbocycles. The number of Topliss-reactive ketones (excluding diaryl/α,β-unsaturated/α-hetero) is 1. The van der Waals surface area contributed by atoms with Gasteiger partial charge in [0.25, 0.3) is 5.91 Å². The van der Waals surface area contributed by atoms with Gasteiger partial charge in [0.2, 0.25) is 0 Å². The SMILES string of the molecule is C[C@@H](C(=O)c1c[nH]c2ccccc12)N(C)Cc1ccc(C(=O)NCC(F)(F)F)cc1. The van der Waals surface area contributed by atoms with Gasteiger partial charge in [-0.1, -0.05) is 30.3 Å². The number of aromatic nitrogens is 1. The van der Waals surface area contributed by atoms with Crippen LogP contribution in [0, 0.1) is 0 Å². The number of para-hydroxylation sites is 1. The lowest BCUT2D eigenvalue weighted by Crippen LogP contribution is -2.35. The zero-order valence-corrected chi connectivity index (χ0v) is 16.6. The van der Waals surface area contributed by atoms with Crippen molar-refractivity contribution in [3.05, 3.63) is 71.4 Å². The summed E-state index contributed by atoms with van der Waals surface area (Å²) in [5.41, 5.74) is 2.51. The van der Waals surface area contributed by atoms with Gasteiger partial charge in [-0.05, 0) is 37.7 Å². The first kappa shape index (κ1) is 21.6. The van der Waals surface area contributed by atoms with E-state index in [0.717, 1.165) is 16.5 Å². The minimum Gasteiger partial charge on any atom is -0.360 e. The van der Waals surface area contributed by atoms with Crippen LogP contribution in [0.25, 0.3) is 10.9 Å². The lowest BCUT2D eigenvalue weighted by Gasteiger charge is -2.23. The van der Waals surface area contributed by atoms with Crippen molar-refractivity contribution in [3.63, 3.8) is 0 Å². The summed E-state index contributed by atoms with van der Waals surface area (Å²) < 4.78 is 36.7. The molecule has 1 aromatic heterocycles. The first-order valence-corrected chi connectivity index (χ1v) is 9.40. The first-order valence-electron chi connectivity index (χ1n) is 9.40. The molecule has 30 heavy (non-hydrogen) atoms. The molecule has 0 aliphatic rings. The second-order valence-corrected chi connectivity index (χ2v) is 7.20. The minimum absolute atomic E-state index is 0.0156. The summed E-state index contributed by atoms with van der Waals surface area (Å²) in [6.07, 6.45) is -2.74. The zero-order chi connectivity index (χ0) is 21.9. The highest BCUT2D eigenvalue weighted by Crippen LogP contribution is 2.21. The fraction of sp³-hybridized carbons (Fsp3) is 0.273. The summed E-state index contributed by atoms with van der Waals surface area (Å²) in [5, 5.41) is 2.71. The highest BCUT2D eigenvalue weighted by molar-refractivity contribution is 6.10. The van der Waals surface area contributed by atoms with Gasteiger partial charge in [0.05, 0.1) is 6.04 Å². The zero-order valence-electron chi connectivity index (χ0n) is 16.6. The van der Waals surface area contributed by atoms with E-state index in [1.165, 1.54) is 12.1 Å². The number of rotatable bonds is 7. The van der Waals surface area contributed by atoms with E-state index in [1.807, 2.05) is 48.5 Å². The van der Waals surface area contributed by atoms with Crippen molar-refractivity contribution in [2.45, 2.75) is 25.7 Å². The summed E-state index contributed by atoms with van der Waals surface area (Å²) in [4.78, 5) is 29.7. The number of benzene rings is 2. The maximum atomic E-state index is 12.9. The Balaban J connectivity index is 1.63.